The van der Waals surface area contributed by atoms with E-state index in [-0.39, 0.29) is 10.7 Å². The number of aromatic nitrogens is 3. The van der Waals surface area contributed by atoms with E-state index in [0.717, 1.165) is 29.5 Å². The fourth-order valence-corrected chi connectivity index (χ4v) is 3.29. The highest BCUT2D eigenvalue weighted by atomic mass is 35.5. The second-order valence-corrected chi connectivity index (χ2v) is 6.16. The van der Waals surface area contributed by atoms with Gasteiger partial charge in [-0.05, 0) is 19.3 Å². The Morgan fingerprint density at radius 3 is 2.90 bits per heavy atom. The minimum Gasteiger partial charge on any atom is -0.297 e. The number of rotatable bonds is 4. The van der Waals surface area contributed by atoms with Crippen LogP contribution in [0.1, 0.15) is 43.4 Å². The Hall–Kier alpha value is -1.40. The zero-order valence-electron chi connectivity index (χ0n) is 11.0. The molecular formula is C13H14ClN3O2S. The third-order valence-corrected chi connectivity index (χ3v) is 4.51. The van der Waals surface area contributed by atoms with Gasteiger partial charge in [0, 0.05) is 11.3 Å². The SMILES string of the molecule is CCCc1c(Cl)[nH]c(=O)n(-c2nc(C3CC3)cs2)c1=O. The number of nitrogens with zero attached hydrogens (tertiary/aromatic N) is 2. The third kappa shape index (κ3) is 2.33. The maximum Gasteiger partial charge on any atom is 0.336 e. The van der Waals surface area contributed by atoms with E-state index >= 15 is 0 Å². The molecular weight excluding hydrogens is 298 g/mol. The van der Waals surface area contributed by atoms with E-state index in [0.29, 0.717) is 23.0 Å². The van der Waals surface area contributed by atoms with E-state index in [2.05, 4.69) is 9.97 Å². The van der Waals surface area contributed by atoms with Crippen molar-refractivity contribution in [3.8, 4) is 5.13 Å². The van der Waals surface area contributed by atoms with E-state index in [1.54, 1.807) is 0 Å². The van der Waals surface area contributed by atoms with E-state index in [4.69, 9.17) is 11.6 Å². The molecule has 0 aromatic carbocycles. The Morgan fingerprint density at radius 1 is 1.50 bits per heavy atom. The van der Waals surface area contributed by atoms with Gasteiger partial charge >= 0.3 is 5.69 Å². The van der Waals surface area contributed by atoms with Crippen molar-refractivity contribution in [1.29, 1.82) is 0 Å². The van der Waals surface area contributed by atoms with Crippen molar-refractivity contribution >= 4 is 22.9 Å². The molecule has 2 aromatic rings. The number of nitrogens with one attached hydrogen (secondary N) is 1. The van der Waals surface area contributed by atoms with Gasteiger partial charge in [0.2, 0.25) is 5.13 Å². The lowest BCUT2D eigenvalue weighted by Crippen LogP contribution is -2.36. The summed E-state index contributed by atoms with van der Waals surface area (Å²) in [6, 6.07) is 0. The lowest BCUT2D eigenvalue weighted by atomic mass is 10.2. The molecule has 1 N–H and O–H groups in total. The van der Waals surface area contributed by atoms with Crippen LogP contribution < -0.4 is 11.2 Å². The van der Waals surface area contributed by atoms with E-state index in [1.807, 2.05) is 12.3 Å². The molecule has 1 aliphatic rings. The van der Waals surface area contributed by atoms with Crippen LogP contribution in [0, 0.1) is 0 Å². The molecule has 0 bridgehead atoms. The number of aromatic amines is 1. The Bertz CT molecular complexity index is 758. The lowest BCUT2D eigenvalue weighted by molar-refractivity contribution is 0.803. The average molecular weight is 312 g/mol. The summed E-state index contributed by atoms with van der Waals surface area (Å²) in [6.45, 7) is 1.96. The van der Waals surface area contributed by atoms with Gasteiger partial charge in [-0.25, -0.2) is 14.3 Å². The zero-order chi connectivity index (χ0) is 14.3. The average Bonchev–Trinajstić information content (AvgIpc) is 3.14. The quantitative estimate of drug-likeness (QED) is 0.882. The van der Waals surface area contributed by atoms with Crippen LogP contribution >= 0.6 is 22.9 Å². The van der Waals surface area contributed by atoms with Gasteiger partial charge in [-0.2, -0.15) is 0 Å². The van der Waals surface area contributed by atoms with Crippen LogP contribution in [0.25, 0.3) is 5.13 Å². The number of hydrogen-bond donors (Lipinski definition) is 1. The summed E-state index contributed by atoms with van der Waals surface area (Å²) in [5, 5.41) is 2.48. The molecule has 0 unspecified atom stereocenters. The Balaban J connectivity index is 2.14. The van der Waals surface area contributed by atoms with Crippen molar-refractivity contribution in [3.63, 3.8) is 0 Å². The lowest BCUT2D eigenvalue weighted by Gasteiger charge is -2.05. The first-order valence-corrected chi connectivity index (χ1v) is 7.87. The Labute approximate surface area is 124 Å². The maximum atomic E-state index is 12.4. The fourth-order valence-electron chi connectivity index (χ4n) is 2.13. The Morgan fingerprint density at radius 2 is 2.25 bits per heavy atom. The van der Waals surface area contributed by atoms with Gasteiger partial charge in [-0.1, -0.05) is 24.9 Å². The third-order valence-electron chi connectivity index (χ3n) is 3.34. The van der Waals surface area contributed by atoms with Gasteiger partial charge in [-0.3, -0.25) is 9.78 Å². The zero-order valence-corrected chi connectivity index (χ0v) is 12.6. The molecule has 1 aliphatic carbocycles. The molecule has 2 aromatic heterocycles. The van der Waals surface area contributed by atoms with E-state index in [1.165, 1.54) is 11.3 Å². The molecule has 106 valence electrons. The normalized spacial score (nSPS) is 14.7. The van der Waals surface area contributed by atoms with Gasteiger partial charge in [0.1, 0.15) is 5.15 Å². The van der Waals surface area contributed by atoms with Crippen LogP contribution in [0.2, 0.25) is 5.15 Å². The summed E-state index contributed by atoms with van der Waals surface area (Å²) >= 11 is 7.27. The van der Waals surface area contributed by atoms with Gasteiger partial charge in [0.25, 0.3) is 5.56 Å². The van der Waals surface area contributed by atoms with E-state index < -0.39 is 5.69 Å². The smallest absolute Gasteiger partial charge is 0.297 e. The minimum atomic E-state index is -0.531. The number of hydrogen-bond acceptors (Lipinski definition) is 4. The molecule has 7 heteroatoms. The highest BCUT2D eigenvalue weighted by Gasteiger charge is 2.27. The van der Waals surface area contributed by atoms with Crippen LogP contribution in [-0.4, -0.2) is 14.5 Å². The standard InChI is InChI=1S/C13H14ClN3O2S/c1-2-3-8-10(14)16-12(19)17(11(8)18)13-15-9(6-20-13)7-4-5-7/h6-7H,2-5H2,1H3,(H,16,19). The summed E-state index contributed by atoms with van der Waals surface area (Å²) in [6.07, 6.45) is 3.59. The summed E-state index contributed by atoms with van der Waals surface area (Å²) in [7, 11) is 0. The van der Waals surface area contributed by atoms with Gasteiger partial charge in [0.05, 0.1) is 11.3 Å². The first kappa shape index (κ1) is 13.6. The monoisotopic (exact) mass is 311 g/mol. The molecule has 0 radical (unpaired) electrons. The Kier molecular flexibility index (Phi) is 3.52. The summed E-state index contributed by atoms with van der Waals surface area (Å²) in [5.74, 6) is 0.497. The van der Waals surface area contributed by atoms with Crippen molar-refractivity contribution in [2.45, 2.75) is 38.5 Å². The van der Waals surface area contributed by atoms with Crippen LogP contribution in [0.15, 0.2) is 15.0 Å². The van der Waals surface area contributed by atoms with Crippen molar-refractivity contribution in [1.82, 2.24) is 14.5 Å². The largest absolute Gasteiger partial charge is 0.336 e. The summed E-state index contributed by atoms with van der Waals surface area (Å²) in [5.41, 5.74) is 0.522. The van der Waals surface area contributed by atoms with Crippen LogP contribution in [-0.2, 0) is 6.42 Å². The molecule has 0 amide bonds. The first-order valence-electron chi connectivity index (χ1n) is 6.61. The molecule has 2 heterocycles. The van der Waals surface area contributed by atoms with Gasteiger partial charge < -0.3 is 0 Å². The van der Waals surface area contributed by atoms with Crippen molar-refractivity contribution < 1.29 is 0 Å². The predicted molar refractivity (Wildman–Crippen MR) is 79.3 cm³/mol. The minimum absolute atomic E-state index is 0.136. The summed E-state index contributed by atoms with van der Waals surface area (Å²) in [4.78, 5) is 31.4. The van der Waals surface area contributed by atoms with Crippen LogP contribution in [0.3, 0.4) is 0 Å². The summed E-state index contributed by atoms with van der Waals surface area (Å²) < 4.78 is 1.09. The number of thiazole rings is 1. The van der Waals surface area contributed by atoms with Crippen molar-refractivity contribution in [2.75, 3.05) is 0 Å². The molecule has 3 rings (SSSR count). The highest BCUT2D eigenvalue weighted by molar-refractivity contribution is 7.12. The number of halogens is 1. The highest BCUT2D eigenvalue weighted by Crippen LogP contribution is 2.40. The maximum absolute atomic E-state index is 12.4. The molecule has 0 saturated heterocycles. The predicted octanol–water partition coefficient (Wildman–Crippen LogP) is 2.47. The molecule has 1 saturated carbocycles. The van der Waals surface area contributed by atoms with Crippen molar-refractivity contribution in [2.24, 2.45) is 0 Å². The molecule has 0 aliphatic heterocycles. The second-order valence-electron chi connectivity index (χ2n) is 4.94. The van der Waals surface area contributed by atoms with Gasteiger partial charge in [-0.15, -0.1) is 11.3 Å². The first-order chi connectivity index (χ1) is 9.61. The molecule has 5 nitrogen and oxygen atoms in total. The second kappa shape index (κ2) is 5.18. The van der Waals surface area contributed by atoms with Crippen molar-refractivity contribution in [3.05, 3.63) is 42.6 Å². The van der Waals surface area contributed by atoms with Crippen LogP contribution in [0.5, 0.6) is 0 Å². The molecule has 0 spiro atoms. The number of H-pyrrole nitrogens is 1. The fraction of sp³-hybridized carbons (Fsp3) is 0.462. The molecule has 20 heavy (non-hydrogen) atoms. The topological polar surface area (TPSA) is 67.8 Å². The molecule has 0 atom stereocenters. The van der Waals surface area contributed by atoms with Gasteiger partial charge in [0.15, 0.2) is 0 Å². The molecule has 1 fully saturated rings. The van der Waals surface area contributed by atoms with Crippen LogP contribution in [0.4, 0.5) is 0 Å². The van der Waals surface area contributed by atoms with E-state index in [9.17, 15) is 9.59 Å².